The number of rotatable bonds is 1. The summed E-state index contributed by atoms with van der Waals surface area (Å²) in [7, 11) is 5.59. The zero-order chi connectivity index (χ0) is 9.97. The molecule has 0 saturated heterocycles. The van der Waals surface area contributed by atoms with Crippen LogP contribution in [0.2, 0.25) is 0 Å². The average molecular weight is 180 g/mol. The Bertz CT molecular complexity index is 377. The monoisotopic (exact) mass is 180 g/mol. The molecule has 0 bridgehead atoms. The lowest BCUT2D eigenvalue weighted by molar-refractivity contribution is 1.14. The van der Waals surface area contributed by atoms with E-state index in [0.29, 0.717) is 0 Å². The summed E-state index contributed by atoms with van der Waals surface area (Å²) in [4.78, 5) is 8.45. The van der Waals surface area contributed by atoms with Crippen molar-refractivity contribution in [2.24, 2.45) is 0 Å². The standard InChI is InChI=1S/C11H9BN2/c1-8-6-13-11(14-7-8)9-2-4-10(12)5-3-9/h2-7H,1H3. The van der Waals surface area contributed by atoms with E-state index in [0.717, 1.165) is 22.4 Å². The molecule has 2 nitrogen and oxygen atoms in total. The van der Waals surface area contributed by atoms with Crippen molar-refractivity contribution in [3.63, 3.8) is 0 Å². The van der Waals surface area contributed by atoms with E-state index in [2.05, 4.69) is 9.97 Å². The van der Waals surface area contributed by atoms with E-state index in [1.807, 2.05) is 31.2 Å². The van der Waals surface area contributed by atoms with Crippen LogP contribution in [0.25, 0.3) is 11.4 Å². The summed E-state index contributed by atoms with van der Waals surface area (Å²) in [5.74, 6) is 0.732. The first-order valence-electron chi connectivity index (χ1n) is 4.40. The highest BCUT2D eigenvalue weighted by atomic mass is 14.9. The maximum absolute atomic E-state index is 5.59. The van der Waals surface area contributed by atoms with E-state index < -0.39 is 0 Å². The highest BCUT2D eigenvalue weighted by Crippen LogP contribution is 2.11. The minimum absolute atomic E-state index is 0.732. The van der Waals surface area contributed by atoms with Gasteiger partial charge < -0.3 is 0 Å². The molecule has 3 heteroatoms. The lowest BCUT2D eigenvalue weighted by Gasteiger charge is -2.00. The number of hydrogen-bond donors (Lipinski definition) is 0. The molecule has 1 aromatic carbocycles. The van der Waals surface area contributed by atoms with Gasteiger partial charge in [-0.3, -0.25) is 0 Å². The Morgan fingerprint density at radius 2 is 1.57 bits per heavy atom. The van der Waals surface area contributed by atoms with Crippen LogP contribution in [0.1, 0.15) is 5.56 Å². The third-order valence-electron chi connectivity index (χ3n) is 1.95. The van der Waals surface area contributed by atoms with Crippen LogP contribution < -0.4 is 5.46 Å². The number of hydrogen-bond acceptors (Lipinski definition) is 2. The van der Waals surface area contributed by atoms with Crippen LogP contribution in [0.4, 0.5) is 0 Å². The van der Waals surface area contributed by atoms with Crippen molar-refractivity contribution in [2.45, 2.75) is 6.92 Å². The van der Waals surface area contributed by atoms with E-state index in [9.17, 15) is 0 Å². The van der Waals surface area contributed by atoms with Crippen molar-refractivity contribution in [3.05, 3.63) is 42.2 Å². The Labute approximate surface area is 84.4 Å². The topological polar surface area (TPSA) is 25.8 Å². The molecule has 0 N–H and O–H groups in total. The summed E-state index contributed by atoms with van der Waals surface area (Å²) >= 11 is 0. The van der Waals surface area contributed by atoms with Crippen LogP contribution in [0.5, 0.6) is 0 Å². The van der Waals surface area contributed by atoms with Crippen molar-refractivity contribution in [3.8, 4) is 11.4 Å². The Hall–Kier alpha value is -1.64. The molecular formula is C11H9BN2. The summed E-state index contributed by atoms with van der Waals surface area (Å²) in [6.07, 6.45) is 3.61. The second kappa shape index (κ2) is 3.62. The van der Waals surface area contributed by atoms with Gasteiger partial charge >= 0.3 is 0 Å². The first-order chi connectivity index (χ1) is 6.75. The molecule has 0 unspecified atom stereocenters. The highest BCUT2D eigenvalue weighted by Gasteiger charge is 1.98. The maximum atomic E-state index is 5.59. The molecule has 1 aromatic heterocycles. The fraction of sp³-hybridized carbons (Fsp3) is 0.0909. The molecule has 0 amide bonds. The van der Waals surface area contributed by atoms with Gasteiger partial charge in [0.05, 0.1) is 0 Å². The molecule has 0 fully saturated rings. The molecule has 0 aliphatic rings. The van der Waals surface area contributed by atoms with Gasteiger partial charge in [-0.05, 0) is 12.5 Å². The molecule has 1 heterocycles. The Morgan fingerprint density at radius 1 is 1.00 bits per heavy atom. The molecule has 0 atom stereocenters. The van der Waals surface area contributed by atoms with Gasteiger partial charge in [0.25, 0.3) is 0 Å². The fourth-order valence-corrected chi connectivity index (χ4v) is 1.17. The van der Waals surface area contributed by atoms with Gasteiger partial charge in [-0.25, -0.2) is 9.97 Å². The van der Waals surface area contributed by atoms with E-state index in [1.165, 1.54) is 0 Å². The summed E-state index contributed by atoms with van der Waals surface area (Å²) in [6, 6.07) is 7.52. The average Bonchev–Trinajstić information content (AvgIpc) is 2.21. The molecule has 0 aliphatic carbocycles. The molecule has 0 spiro atoms. The van der Waals surface area contributed by atoms with Gasteiger partial charge in [0.2, 0.25) is 0 Å². The molecule has 0 saturated carbocycles. The predicted octanol–water partition coefficient (Wildman–Crippen LogP) is 1.25. The quantitative estimate of drug-likeness (QED) is 0.617. The normalized spacial score (nSPS) is 10.1. The van der Waals surface area contributed by atoms with Crippen LogP contribution in [0.15, 0.2) is 36.7 Å². The lowest BCUT2D eigenvalue weighted by atomic mass is 9.95. The van der Waals surface area contributed by atoms with Crippen LogP contribution in [0, 0.1) is 6.92 Å². The molecule has 14 heavy (non-hydrogen) atoms. The third-order valence-corrected chi connectivity index (χ3v) is 1.95. The van der Waals surface area contributed by atoms with Gasteiger partial charge in [0.15, 0.2) is 5.82 Å². The van der Waals surface area contributed by atoms with Crippen LogP contribution in [-0.2, 0) is 0 Å². The summed E-state index contributed by atoms with van der Waals surface area (Å²) in [5, 5.41) is 0. The van der Waals surface area contributed by atoms with Crippen LogP contribution >= 0.6 is 0 Å². The smallest absolute Gasteiger partial charge is 0.159 e. The van der Waals surface area contributed by atoms with Crippen molar-refractivity contribution in [1.29, 1.82) is 0 Å². The van der Waals surface area contributed by atoms with Gasteiger partial charge in [-0.2, -0.15) is 0 Å². The van der Waals surface area contributed by atoms with Crippen molar-refractivity contribution in [1.82, 2.24) is 9.97 Å². The maximum Gasteiger partial charge on any atom is 0.159 e. The van der Waals surface area contributed by atoms with E-state index in [-0.39, 0.29) is 0 Å². The molecular weight excluding hydrogens is 171 g/mol. The number of aromatic nitrogens is 2. The van der Waals surface area contributed by atoms with Crippen molar-refractivity contribution >= 4 is 13.3 Å². The van der Waals surface area contributed by atoms with Gasteiger partial charge in [0.1, 0.15) is 7.85 Å². The Kier molecular flexibility index (Phi) is 2.31. The lowest BCUT2D eigenvalue weighted by Crippen LogP contribution is -2.00. The van der Waals surface area contributed by atoms with Crippen LogP contribution in [-0.4, -0.2) is 17.8 Å². The van der Waals surface area contributed by atoms with E-state index >= 15 is 0 Å². The van der Waals surface area contributed by atoms with Gasteiger partial charge in [-0.15, -0.1) is 0 Å². The van der Waals surface area contributed by atoms with E-state index in [4.69, 9.17) is 7.85 Å². The van der Waals surface area contributed by atoms with Gasteiger partial charge in [0, 0.05) is 18.0 Å². The molecule has 2 radical (unpaired) electrons. The second-order valence-corrected chi connectivity index (χ2v) is 3.21. The first-order valence-corrected chi connectivity index (χ1v) is 4.40. The van der Waals surface area contributed by atoms with Crippen molar-refractivity contribution < 1.29 is 0 Å². The fourth-order valence-electron chi connectivity index (χ4n) is 1.17. The third kappa shape index (κ3) is 1.82. The first kappa shape index (κ1) is 8.94. The minimum Gasteiger partial charge on any atom is -0.236 e. The summed E-state index contributed by atoms with van der Waals surface area (Å²) < 4.78 is 0. The minimum atomic E-state index is 0.732. The Morgan fingerprint density at radius 3 is 2.14 bits per heavy atom. The second-order valence-electron chi connectivity index (χ2n) is 3.21. The number of nitrogens with zero attached hydrogens (tertiary/aromatic N) is 2. The SMILES string of the molecule is [B]c1ccc(-c2ncc(C)cn2)cc1. The molecule has 0 aliphatic heterocycles. The molecule has 2 aromatic rings. The van der Waals surface area contributed by atoms with Crippen LogP contribution in [0.3, 0.4) is 0 Å². The Balaban J connectivity index is 2.40. The molecule has 2 rings (SSSR count). The summed E-state index contributed by atoms with van der Waals surface area (Å²) in [5.41, 5.74) is 2.80. The zero-order valence-corrected chi connectivity index (χ0v) is 7.94. The van der Waals surface area contributed by atoms with E-state index in [1.54, 1.807) is 12.4 Å². The van der Waals surface area contributed by atoms with Crippen molar-refractivity contribution in [2.75, 3.05) is 0 Å². The predicted molar refractivity (Wildman–Crippen MR) is 57.6 cm³/mol. The zero-order valence-electron chi connectivity index (χ0n) is 7.94. The van der Waals surface area contributed by atoms with Gasteiger partial charge in [-0.1, -0.05) is 29.7 Å². The largest absolute Gasteiger partial charge is 0.236 e. The molecule has 66 valence electrons. The highest BCUT2D eigenvalue weighted by molar-refractivity contribution is 6.32. The number of benzene rings is 1. The summed E-state index contributed by atoms with van der Waals surface area (Å²) in [6.45, 7) is 1.97. The number of aryl methyl sites for hydroxylation is 1.